The highest BCUT2D eigenvalue weighted by molar-refractivity contribution is 5.74. The summed E-state index contributed by atoms with van der Waals surface area (Å²) in [6.07, 6.45) is 4.26. The van der Waals surface area contributed by atoms with Gasteiger partial charge < -0.3 is 24.7 Å². The number of nitrogens with zero attached hydrogens (tertiary/aromatic N) is 2. The second kappa shape index (κ2) is 12.3. The van der Waals surface area contributed by atoms with E-state index in [0.29, 0.717) is 25.3 Å². The minimum absolute atomic E-state index is 0.111. The average molecular weight is 577 g/mol. The number of fused-ring (bicyclic) bond motifs is 2. The van der Waals surface area contributed by atoms with Crippen LogP contribution in [0.15, 0.2) is 83.7 Å². The lowest BCUT2D eigenvalue weighted by Gasteiger charge is -2.29. The molecule has 7 nitrogen and oxygen atoms in total. The van der Waals surface area contributed by atoms with E-state index in [9.17, 15) is 4.79 Å². The summed E-state index contributed by atoms with van der Waals surface area (Å²) in [5.41, 5.74) is 7.34. The number of anilines is 2. The maximum atomic E-state index is 12.7. The molecule has 7 heteroatoms. The van der Waals surface area contributed by atoms with Gasteiger partial charge in [0.1, 0.15) is 11.5 Å². The largest absolute Gasteiger partial charge is 0.456 e. The van der Waals surface area contributed by atoms with Gasteiger partial charge in [0.2, 0.25) is 5.56 Å². The van der Waals surface area contributed by atoms with Crippen LogP contribution in [0.25, 0.3) is 11.3 Å². The lowest BCUT2D eigenvalue weighted by atomic mass is 9.96. The first-order valence-electron chi connectivity index (χ1n) is 15.7. The summed E-state index contributed by atoms with van der Waals surface area (Å²) in [5, 5.41) is 3.84. The van der Waals surface area contributed by atoms with E-state index >= 15 is 0 Å². The zero-order valence-electron chi connectivity index (χ0n) is 24.9. The Hall–Kier alpha value is -4.07. The summed E-state index contributed by atoms with van der Waals surface area (Å²) >= 11 is 0. The summed E-state index contributed by atoms with van der Waals surface area (Å²) in [6.45, 7) is 7.45. The van der Waals surface area contributed by atoms with E-state index in [4.69, 9.17) is 9.47 Å². The number of rotatable bonds is 6. The van der Waals surface area contributed by atoms with Crippen molar-refractivity contribution in [2.24, 2.45) is 0 Å². The van der Waals surface area contributed by atoms with Crippen LogP contribution in [-0.2, 0) is 11.2 Å². The van der Waals surface area contributed by atoms with Crippen molar-refractivity contribution in [2.45, 2.75) is 44.7 Å². The molecule has 222 valence electrons. The molecule has 0 amide bonds. The molecule has 3 aliphatic heterocycles. The molecule has 0 saturated carbocycles. The Labute approximate surface area is 253 Å². The molecule has 4 heterocycles. The van der Waals surface area contributed by atoms with Gasteiger partial charge in [0.25, 0.3) is 0 Å². The van der Waals surface area contributed by atoms with Gasteiger partial charge in [-0.15, -0.1) is 0 Å². The summed E-state index contributed by atoms with van der Waals surface area (Å²) in [6, 6.07) is 28.1. The number of para-hydroxylation sites is 1. The van der Waals surface area contributed by atoms with Gasteiger partial charge in [-0.05, 0) is 74.2 Å². The van der Waals surface area contributed by atoms with Gasteiger partial charge in [-0.1, -0.05) is 42.5 Å². The van der Waals surface area contributed by atoms with Gasteiger partial charge in [-0.3, -0.25) is 9.69 Å². The van der Waals surface area contributed by atoms with E-state index in [0.717, 1.165) is 78.7 Å². The fraction of sp³-hybridized carbons (Fsp3) is 0.361. The first kappa shape index (κ1) is 27.7. The lowest BCUT2D eigenvalue weighted by molar-refractivity contribution is 0.122. The van der Waals surface area contributed by atoms with Crippen LogP contribution in [0.1, 0.15) is 48.9 Å². The highest BCUT2D eigenvalue weighted by atomic mass is 16.5. The quantitative estimate of drug-likeness (QED) is 0.237. The van der Waals surface area contributed by atoms with E-state index in [1.54, 1.807) is 6.07 Å². The molecule has 2 fully saturated rings. The maximum absolute atomic E-state index is 12.7. The lowest BCUT2D eigenvalue weighted by Crippen LogP contribution is -2.36. The van der Waals surface area contributed by atoms with Crippen molar-refractivity contribution in [1.29, 1.82) is 0 Å². The number of hydrogen-bond acceptors (Lipinski definition) is 6. The molecule has 0 radical (unpaired) electrons. The minimum atomic E-state index is -0.111. The van der Waals surface area contributed by atoms with Gasteiger partial charge >= 0.3 is 0 Å². The molecule has 2 atom stereocenters. The monoisotopic (exact) mass is 576 g/mol. The Kier molecular flexibility index (Phi) is 7.92. The highest BCUT2D eigenvalue weighted by Crippen LogP contribution is 2.43. The Bertz CT molecular complexity index is 1630. The summed E-state index contributed by atoms with van der Waals surface area (Å²) in [5.74, 6) is 1.70. The molecule has 0 bridgehead atoms. The van der Waals surface area contributed by atoms with Crippen molar-refractivity contribution in [1.82, 2.24) is 9.88 Å². The zero-order chi connectivity index (χ0) is 29.2. The number of pyridine rings is 1. The Morgan fingerprint density at radius 2 is 1.74 bits per heavy atom. The molecule has 3 aliphatic rings. The van der Waals surface area contributed by atoms with Gasteiger partial charge in [0.15, 0.2) is 0 Å². The summed E-state index contributed by atoms with van der Waals surface area (Å²) in [4.78, 5) is 20.5. The number of aromatic nitrogens is 1. The van der Waals surface area contributed by atoms with Crippen LogP contribution in [0.4, 0.5) is 11.4 Å². The van der Waals surface area contributed by atoms with Crippen LogP contribution in [-0.4, -0.2) is 55.3 Å². The smallest absolute Gasteiger partial charge is 0.250 e. The first-order valence-corrected chi connectivity index (χ1v) is 15.7. The number of H-pyrrole nitrogens is 1. The standard InChI is InChI=1S/C36H40N4O3/c1-25(26-7-3-2-4-8-26)39-15-6-10-29(14-16-39)37-30-12-13-34-28(22-30)21-27-9-5-11-32(36(27)43-34)33-23-31(24-35(41)38-33)40-17-19-42-20-18-40/h2-5,7-9,11-13,22-25,29,37H,6,10,14-21H2,1H3,(H,38,41). The van der Waals surface area contributed by atoms with Crippen LogP contribution in [0.3, 0.4) is 0 Å². The number of likely N-dealkylation sites (tertiary alicyclic amines) is 1. The SMILES string of the molecule is CC(c1ccccc1)N1CCCC(Nc2ccc3c(c2)Cc2cccc(-c4cc(N5CCOCC5)cc(=O)[nH]4)c2O3)CC1. The van der Waals surface area contributed by atoms with Crippen molar-refractivity contribution in [3.05, 3.63) is 106 Å². The fourth-order valence-electron chi connectivity index (χ4n) is 6.79. The molecule has 2 N–H and O–H groups in total. The Morgan fingerprint density at radius 1 is 0.884 bits per heavy atom. The topological polar surface area (TPSA) is 69.8 Å². The normalized spacial score (nSPS) is 19.5. The predicted octanol–water partition coefficient (Wildman–Crippen LogP) is 6.60. The maximum Gasteiger partial charge on any atom is 0.250 e. The van der Waals surface area contributed by atoms with Crippen LogP contribution in [0, 0.1) is 0 Å². The van der Waals surface area contributed by atoms with Gasteiger partial charge in [0.05, 0.1) is 18.9 Å². The highest BCUT2D eigenvalue weighted by Gasteiger charge is 2.24. The number of hydrogen-bond donors (Lipinski definition) is 2. The molecule has 1 aromatic heterocycles. The van der Waals surface area contributed by atoms with Crippen molar-refractivity contribution in [3.63, 3.8) is 0 Å². The number of benzene rings is 3. The first-order chi connectivity index (χ1) is 21.1. The third-order valence-corrected chi connectivity index (χ3v) is 9.21. The van der Waals surface area contributed by atoms with Gasteiger partial charge in [0, 0.05) is 66.7 Å². The van der Waals surface area contributed by atoms with Crippen molar-refractivity contribution in [2.75, 3.05) is 49.6 Å². The third kappa shape index (κ3) is 6.05. The van der Waals surface area contributed by atoms with Crippen LogP contribution in [0.2, 0.25) is 0 Å². The molecule has 7 rings (SSSR count). The number of aromatic amines is 1. The number of morpholine rings is 1. The van der Waals surface area contributed by atoms with Crippen LogP contribution < -0.4 is 20.5 Å². The van der Waals surface area contributed by atoms with Crippen molar-refractivity contribution in [3.8, 4) is 22.8 Å². The summed E-state index contributed by atoms with van der Waals surface area (Å²) in [7, 11) is 0. The van der Waals surface area contributed by atoms with Crippen LogP contribution >= 0.6 is 0 Å². The summed E-state index contributed by atoms with van der Waals surface area (Å²) < 4.78 is 12.0. The van der Waals surface area contributed by atoms with Crippen LogP contribution in [0.5, 0.6) is 11.5 Å². The second-order valence-corrected chi connectivity index (χ2v) is 12.0. The van der Waals surface area contributed by atoms with Gasteiger partial charge in [-0.25, -0.2) is 0 Å². The van der Waals surface area contributed by atoms with E-state index < -0.39 is 0 Å². The Morgan fingerprint density at radius 3 is 2.60 bits per heavy atom. The molecule has 4 aromatic rings. The molecule has 3 aromatic carbocycles. The molecule has 2 saturated heterocycles. The van der Waals surface area contributed by atoms with Crippen molar-refractivity contribution >= 4 is 11.4 Å². The Balaban J connectivity index is 1.06. The van der Waals surface area contributed by atoms with E-state index in [-0.39, 0.29) is 5.56 Å². The predicted molar refractivity (Wildman–Crippen MR) is 173 cm³/mol. The zero-order valence-corrected chi connectivity index (χ0v) is 24.9. The third-order valence-electron chi connectivity index (χ3n) is 9.21. The fourth-order valence-corrected chi connectivity index (χ4v) is 6.79. The molecular weight excluding hydrogens is 536 g/mol. The molecule has 2 unspecified atom stereocenters. The van der Waals surface area contributed by atoms with Crippen molar-refractivity contribution < 1.29 is 9.47 Å². The average Bonchev–Trinajstić information content (AvgIpc) is 3.29. The molecule has 0 aliphatic carbocycles. The second-order valence-electron chi connectivity index (χ2n) is 12.0. The molecular formula is C36H40N4O3. The molecule has 0 spiro atoms. The number of ether oxygens (including phenoxy) is 2. The minimum Gasteiger partial charge on any atom is -0.456 e. The van der Waals surface area contributed by atoms with E-state index in [1.807, 2.05) is 6.07 Å². The van der Waals surface area contributed by atoms with E-state index in [2.05, 4.69) is 93.8 Å². The van der Waals surface area contributed by atoms with Gasteiger partial charge in [-0.2, -0.15) is 0 Å². The van der Waals surface area contributed by atoms with E-state index in [1.165, 1.54) is 24.0 Å². The number of nitrogens with one attached hydrogen (secondary N) is 2. The molecule has 43 heavy (non-hydrogen) atoms.